The number of rotatable bonds is 6. The number of aromatic nitrogens is 5. The van der Waals surface area contributed by atoms with Crippen LogP contribution < -0.4 is 5.32 Å². The van der Waals surface area contributed by atoms with Crippen molar-refractivity contribution in [3.05, 3.63) is 67.1 Å². The van der Waals surface area contributed by atoms with Crippen LogP contribution in [0.4, 0.5) is 5.95 Å². The summed E-state index contributed by atoms with van der Waals surface area (Å²) < 4.78 is 1.92. The summed E-state index contributed by atoms with van der Waals surface area (Å²) in [6.07, 6.45) is 6.37. The van der Waals surface area contributed by atoms with Crippen molar-refractivity contribution >= 4 is 16.7 Å². The minimum absolute atomic E-state index is 0.216. The molecule has 1 N–H and O–H groups in total. The molecule has 130 valence electrons. The van der Waals surface area contributed by atoms with Crippen LogP contribution in [0.1, 0.15) is 13.3 Å². The number of nitrogens with one attached hydrogen (secondary N) is 1. The highest BCUT2D eigenvalue weighted by atomic mass is 15.3. The van der Waals surface area contributed by atoms with E-state index in [1.165, 1.54) is 10.8 Å². The smallest absolute Gasteiger partial charge is 0.243 e. The first-order valence-electron chi connectivity index (χ1n) is 8.71. The third-order valence-corrected chi connectivity index (χ3v) is 4.33. The Morgan fingerprint density at radius 1 is 1.08 bits per heavy atom. The summed E-state index contributed by atoms with van der Waals surface area (Å²) in [6, 6.07) is 16.7. The van der Waals surface area contributed by atoms with Gasteiger partial charge in [0.25, 0.3) is 0 Å². The van der Waals surface area contributed by atoms with E-state index in [1.807, 2.05) is 29.1 Å². The number of aryl methyl sites for hydroxylation is 1. The Morgan fingerprint density at radius 2 is 1.96 bits per heavy atom. The standard InChI is InChI=1S/C20H20N6/c1-15(9-12-26-11-4-10-22-26)23-20-24-19(14-21-25-20)18-8-7-16-5-2-3-6-17(16)13-18/h2-8,10-11,13-15H,9,12H2,1H3,(H,23,24,25)/t15-/m0/s1. The van der Waals surface area contributed by atoms with E-state index in [2.05, 4.69) is 62.9 Å². The van der Waals surface area contributed by atoms with Crippen LogP contribution in [0.2, 0.25) is 0 Å². The number of fused-ring (bicyclic) bond motifs is 1. The second kappa shape index (κ2) is 7.31. The van der Waals surface area contributed by atoms with E-state index in [0.717, 1.165) is 24.2 Å². The Bertz CT molecular complexity index is 996. The molecule has 1 atom stereocenters. The molecule has 0 aliphatic carbocycles. The molecule has 2 aromatic carbocycles. The van der Waals surface area contributed by atoms with Crippen LogP contribution in [-0.4, -0.2) is 31.0 Å². The second-order valence-corrected chi connectivity index (χ2v) is 6.33. The largest absolute Gasteiger partial charge is 0.350 e. The maximum Gasteiger partial charge on any atom is 0.243 e. The molecule has 2 aromatic heterocycles. The zero-order valence-electron chi connectivity index (χ0n) is 14.6. The Morgan fingerprint density at radius 3 is 2.81 bits per heavy atom. The lowest BCUT2D eigenvalue weighted by Gasteiger charge is -2.13. The van der Waals surface area contributed by atoms with Crippen LogP contribution in [-0.2, 0) is 6.54 Å². The lowest BCUT2D eigenvalue weighted by atomic mass is 10.1. The first kappa shape index (κ1) is 16.2. The average Bonchev–Trinajstić information content (AvgIpc) is 3.20. The molecule has 0 bridgehead atoms. The van der Waals surface area contributed by atoms with Gasteiger partial charge in [-0.05, 0) is 36.2 Å². The lowest BCUT2D eigenvalue weighted by Crippen LogP contribution is -2.20. The number of benzene rings is 2. The number of hydrogen-bond acceptors (Lipinski definition) is 5. The third kappa shape index (κ3) is 3.69. The molecule has 0 fully saturated rings. The van der Waals surface area contributed by atoms with Crippen LogP contribution >= 0.6 is 0 Å². The third-order valence-electron chi connectivity index (χ3n) is 4.33. The van der Waals surface area contributed by atoms with Gasteiger partial charge in [-0.1, -0.05) is 36.4 Å². The minimum atomic E-state index is 0.216. The zero-order valence-corrected chi connectivity index (χ0v) is 14.6. The van der Waals surface area contributed by atoms with Gasteiger partial charge >= 0.3 is 0 Å². The molecule has 0 aliphatic rings. The maximum atomic E-state index is 4.63. The van der Waals surface area contributed by atoms with Gasteiger partial charge in [-0.25, -0.2) is 4.98 Å². The normalized spacial score (nSPS) is 12.2. The van der Waals surface area contributed by atoms with E-state index in [9.17, 15) is 0 Å². The SMILES string of the molecule is C[C@@H](CCn1cccn1)Nc1nncc(-c2ccc3ccccc3c2)n1. The van der Waals surface area contributed by atoms with Crippen molar-refractivity contribution in [3.8, 4) is 11.3 Å². The van der Waals surface area contributed by atoms with Crippen molar-refractivity contribution in [1.29, 1.82) is 0 Å². The van der Waals surface area contributed by atoms with Crippen molar-refractivity contribution < 1.29 is 0 Å². The first-order chi connectivity index (χ1) is 12.8. The first-order valence-corrected chi connectivity index (χ1v) is 8.71. The Kier molecular flexibility index (Phi) is 4.55. The van der Waals surface area contributed by atoms with E-state index in [1.54, 1.807) is 12.4 Å². The highest BCUT2D eigenvalue weighted by Gasteiger charge is 2.08. The average molecular weight is 344 g/mol. The molecule has 0 saturated heterocycles. The summed E-state index contributed by atoms with van der Waals surface area (Å²) in [5.41, 5.74) is 1.85. The molecule has 0 aliphatic heterocycles. The van der Waals surface area contributed by atoms with Crippen molar-refractivity contribution in [2.75, 3.05) is 5.32 Å². The summed E-state index contributed by atoms with van der Waals surface area (Å²) >= 11 is 0. The van der Waals surface area contributed by atoms with Crippen LogP contribution in [0.3, 0.4) is 0 Å². The van der Waals surface area contributed by atoms with E-state index in [4.69, 9.17) is 0 Å². The van der Waals surface area contributed by atoms with Gasteiger partial charge < -0.3 is 5.32 Å². The second-order valence-electron chi connectivity index (χ2n) is 6.33. The number of nitrogens with zero attached hydrogens (tertiary/aromatic N) is 5. The van der Waals surface area contributed by atoms with E-state index >= 15 is 0 Å². The predicted molar refractivity (Wildman–Crippen MR) is 103 cm³/mol. The summed E-state index contributed by atoms with van der Waals surface area (Å²) in [5, 5.41) is 18.2. The minimum Gasteiger partial charge on any atom is -0.350 e. The van der Waals surface area contributed by atoms with Gasteiger partial charge in [0.1, 0.15) is 0 Å². The highest BCUT2D eigenvalue weighted by molar-refractivity contribution is 5.86. The Labute approximate surface area is 151 Å². The topological polar surface area (TPSA) is 68.5 Å². The predicted octanol–water partition coefficient (Wildman–Crippen LogP) is 3.78. The van der Waals surface area contributed by atoms with Crippen molar-refractivity contribution in [2.45, 2.75) is 25.9 Å². The molecule has 6 nitrogen and oxygen atoms in total. The monoisotopic (exact) mass is 344 g/mol. The maximum absolute atomic E-state index is 4.63. The molecule has 0 saturated carbocycles. The zero-order chi connectivity index (χ0) is 17.8. The molecule has 2 heterocycles. The van der Waals surface area contributed by atoms with Gasteiger partial charge in [-0.3, -0.25) is 4.68 Å². The highest BCUT2D eigenvalue weighted by Crippen LogP contribution is 2.23. The van der Waals surface area contributed by atoms with Crippen molar-refractivity contribution in [3.63, 3.8) is 0 Å². The molecule has 0 radical (unpaired) electrons. The molecule has 4 rings (SSSR count). The fourth-order valence-corrected chi connectivity index (χ4v) is 2.90. The molecular weight excluding hydrogens is 324 g/mol. The summed E-state index contributed by atoms with van der Waals surface area (Å²) in [6.45, 7) is 2.95. The van der Waals surface area contributed by atoms with Crippen molar-refractivity contribution in [2.24, 2.45) is 0 Å². The van der Waals surface area contributed by atoms with Crippen LogP contribution in [0.5, 0.6) is 0 Å². The van der Waals surface area contributed by atoms with Gasteiger partial charge in [0, 0.05) is 30.5 Å². The Balaban J connectivity index is 1.48. The lowest BCUT2D eigenvalue weighted by molar-refractivity contribution is 0.543. The van der Waals surface area contributed by atoms with Gasteiger partial charge in [0.05, 0.1) is 11.9 Å². The van der Waals surface area contributed by atoms with Crippen LogP contribution in [0.15, 0.2) is 67.1 Å². The van der Waals surface area contributed by atoms with E-state index in [-0.39, 0.29) is 6.04 Å². The fraction of sp³-hybridized carbons (Fsp3) is 0.200. The van der Waals surface area contributed by atoms with Gasteiger partial charge in [-0.2, -0.15) is 10.2 Å². The van der Waals surface area contributed by atoms with Crippen LogP contribution in [0.25, 0.3) is 22.0 Å². The molecule has 4 aromatic rings. The van der Waals surface area contributed by atoms with Gasteiger partial charge in [0.15, 0.2) is 0 Å². The molecule has 6 heteroatoms. The quantitative estimate of drug-likeness (QED) is 0.576. The van der Waals surface area contributed by atoms with Gasteiger partial charge in [-0.15, -0.1) is 5.10 Å². The summed E-state index contributed by atoms with van der Waals surface area (Å²) in [7, 11) is 0. The molecular formula is C20H20N6. The molecule has 0 amide bonds. The van der Waals surface area contributed by atoms with Crippen molar-refractivity contribution in [1.82, 2.24) is 25.0 Å². The van der Waals surface area contributed by atoms with Crippen LogP contribution in [0, 0.1) is 0 Å². The fourth-order valence-electron chi connectivity index (χ4n) is 2.90. The summed E-state index contributed by atoms with van der Waals surface area (Å²) in [4.78, 5) is 4.63. The molecule has 0 unspecified atom stereocenters. The Hall–Kier alpha value is -3.28. The van der Waals surface area contributed by atoms with E-state index in [0.29, 0.717) is 5.95 Å². The number of anilines is 1. The van der Waals surface area contributed by atoms with Gasteiger partial charge in [0.2, 0.25) is 5.95 Å². The summed E-state index contributed by atoms with van der Waals surface area (Å²) in [5.74, 6) is 0.545. The number of hydrogen-bond donors (Lipinski definition) is 1. The van der Waals surface area contributed by atoms with E-state index < -0.39 is 0 Å². The molecule has 26 heavy (non-hydrogen) atoms. The molecule has 0 spiro atoms.